The highest BCUT2D eigenvalue weighted by Crippen LogP contribution is 2.27. The van der Waals surface area contributed by atoms with Gasteiger partial charge in [0.2, 0.25) is 0 Å². The summed E-state index contributed by atoms with van der Waals surface area (Å²) in [5, 5.41) is 3.54. The molecule has 1 unspecified atom stereocenters. The third-order valence-electron chi connectivity index (χ3n) is 3.44. The van der Waals surface area contributed by atoms with E-state index in [0.717, 1.165) is 11.4 Å². The number of hydrogen-bond donors (Lipinski definition) is 1. The van der Waals surface area contributed by atoms with Gasteiger partial charge in [0.15, 0.2) is 0 Å². The van der Waals surface area contributed by atoms with E-state index in [9.17, 15) is 0 Å². The van der Waals surface area contributed by atoms with Gasteiger partial charge in [-0.3, -0.25) is 0 Å². The van der Waals surface area contributed by atoms with Crippen LogP contribution in [-0.4, -0.2) is 7.11 Å². The molecular weight excluding hydrogens is 314 g/mol. The molecule has 0 radical (unpaired) electrons. The molecule has 0 saturated carbocycles. The molecule has 0 bridgehead atoms. The van der Waals surface area contributed by atoms with Gasteiger partial charge in [0.05, 0.1) is 7.11 Å². The third-order valence-corrected chi connectivity index (χ3v) is 4.69. The van der Waals surface area contributed by atoms with Crippen molar-refractivity contribution in [2.45, 2.75) is 26.8 Å². The highest BCUT2D eigenvalue weighted by Gasteiger charge is 2.08. The Labute approximate surface area is 129 Å². The molecule has 2 aromatic carbocycles. The zero-order chi connectivity index (χ0) is 14.7. The number of ether oxygens (including phenoxy) is 1. The lowest BCUT2D eigenvalue weighted by molar-refractivity contribution is 0.414. The van der Waals surface area contributed by atoms with Crippen LogP contribution in [0.3, 0.4) is 0 Å². The lowest BCUT2D eigenvalue weighted by Gasteiger charge is -2.17. The number of nitrogens with one attached hydrogen (secondary N) is 1. The minimum Gasteiger partial charge on any atom is -0.497 e. The van der Waals surface area contributed by atoms with Gasteiger partial charge in [0, 0.05) is 16.2 Å². The van der Waals surface area contributed by atoms with Gasteiger partial charge in [-0.1, -0.05) is 28.1 Å². The summed E-state index contributed by atoms with van der Waals surface area (Å²) >= 11 is 3.60. The van der Waals surface area contributed by atoms with E-state index in [4.69, 9.17) is 4.74 Å². The summed E-state index contributed by atoms with van der Waals surface area (Å²) in [5.41, 5.74) is 4.87. The van der Waals surface area contributed by atoms with E-state index in [-0.39, 0.29) is 6.04 Å². The summed E-state index contributed by atoms with van der Waals surface area (Å²) in [5.74, 6) is 0.885. The van der Waals surface area contributed by atoms with Crippen LogP contribution in [0.2, 0.25) is 0 Å². The van der Waals surface area contributed by atoms with E-state index in [1.807, 2.05) is 12.1 Å². The van der Waals surface area contributed by atoms with E-state index in [0.29, 0.717) is 0 Å². The second-order valence-corrected chi connectivity index (χ2v) is 5.86. The van der Waals surface area contributed by atoms with Crippen molar-refractivity contribution < 1.29 is 4.74 Å². The zero-order valence-corrected chi connectivity index (χ0v) is 13.9. The van der Waals surface area contributed by atoms with Crippen molar-refractivity contribution in [2.24, 2.45) is 0 Å². The average molecular weight is 334 g/mol. The van der Waals surface area contributed by atoms with Gasteiger partial charge in [-0.2, -0.15) is 0 Å². The molecule has 1 N–H and O–H groups in total. The van der Waals surface area contributed by atoms with Crippen molar-refractivity contribution >= 4 is 21.6 Å². The summed E-state index contributed by atoms with van der Waals surface area (Å²) in [6.07, 6.45) is 0. The average Bonchev–Trinajstić information content (AvgIpc) is 2.44. The summed E-state index contributed by atoms with van der Waals surface area (Å²) < 4.78 is 6.37. The van der Waals surface area contributed by atoms with Crippen LogP contribution in [0.25, 0.3) is 0 Å². The number of rotatable bonds is 4. The van der Waals surface area contributed by atoms with E-state index in [1.54, 1.807) is 7.11 Å². The van der Waals surface area contributed by atoms with Crippen molar-refractivity contribution in [1.82, 2.24) is 0 Å². The molecule has 0 aliphatic rings. The van der Waals surface area contributed by atoms with Crippen LogP contribution in [-0.2, 0) is 0 Å². The largest absolute Gasteiger partial charge is 0.497 e. The second kappa shape index (κ2) is 6.31. The van der Waals surface area contributed by atoms with Crippen LogP contribution < -0.4 is 10.1 Å². The molecule has 0 amide bonds. The van der Waals surface area contributed by atoms with Gasteiger partial charge >= 0.3 is 0 Å². The van der Waals surface area contributed by atoms with Gasteiger partial charge in [-0.05, 0) is 61.7 Å². The van der Waals surface area contributed by atoms with E-state index < -0.39 is 0 Å². The fourth-order valence-corrected chi connectivity index (χ4v) is 2.48. The Morgan fingerprint density at radius 2 is 1.60 bits per heavy atom. The van der Waals surface area contributed by atoms with Gasteiger partial charge in [-0.15, -0.1) is 0 Å². The quantitative estimate of drug-likeness (QED) is 0.825. The third kappa shape index (κ3) is 3.34. The summed E-state index contributed by atoms with van der Waals surface area (Å²) in [6, 6.07) is 12.7. The Balaban J connectivity index is 2.16. The summed E-state index contributed by atoms with van der Waals surface area (Å²) in [4.78, 5) is 0. The molecule has 0 saturated heterocycles. The fraction of sp³-hybridized carbons (Fsp3) is 0.294. The molecular formula is C17H20BrNO. The number of hydrogen-bond acceptors (Lipinski definition) is 2. The Bertz CT molecular complexity index is 569. The molecule has 0 heterocycles. The summed E-state index contributed by atoms with van der Waals surface area (Å²) in [7, 11) is 1.68. The first-order valence-electron chi connectivity index (χ1n) is 6.68. The van der Waals surface area contributed by atoms with Crippen molar-refractivity contribution in [3.05, 3.63) is 57.6 Å². The highest BCUT2D eigenvalue weighted by atomic mass is 79.9. The van der Waals surface area contributed by atoms with Crippen LogP contribution in [0, 0.1) is 13.8 Å². The fourth-order valence-electron chi connectivity index (χ4n) is 2.26. The molecule has 106 valence electrons. The lowest BCUT2D eigenvalue weighted by atomic mass is 10.1. The SMILES string of the molecule is COc1ccc(C(C)Nc2cc(C)c(Br)c(C)c2)cc1. The van der Waals surface area contributed by atoms with E-state index in [2.05, 4.69) is 66.3 Å². The number of methoxy groups -OCH3 is 1. The summed E-state index contributed by atoms with van der Waals surface area (Å²) in [6.45, 7) is 6.38. The minimum atomic E-state index is 0.251. The predicted octanol–water partition coefficient (Wildman–Crippen LogP) is 5.25. The molecule has 0 aliphatic heterocycles. The molecule has 0 aromatic heterocycles. The minimum absolute atomic E-state index is 0.251. The maximum absolute atomic E-state index is 5.19. The van der Waals surface area contributed by atoms with Crippen LogP contribution in [0.15, 0.2) is 40.9 Å². The van der Waals surface area contributed by atoms with Crippen molar-refractivity contribution in [1.29, 1.82) is 0 Å². The van der Waals surface area contributed by atoms with Crippen molar-refractivity contribution in [3.63, 3.8) is 0 Å². The standard InChI is InChI=1S/C17H20BrNO/c1-11-9-15(10-12(2)17(11)18)19-13(3)14-5-7-16(20-4)8-6-14/h5-10,13,19H,1-4H3. The van der Waals surface area contributed by atoms with E-state index >= 15 is 0 Å². The molecule has 2 aromatic rings. The Morgan fingerprint density at radius 3 is 2.10 bits per heavy atom. The maximum atomic E-state index is 5.19. The predicted molar refractivity (Wildman–Crippen MR) is 88.6 cm³/mol. The van der Waals surface area contributed by atoms with Crippen molar-refractivity contribution in [2.75, 3.05) is 12.4 Å². The Morgan fingerprint density at radius 1 is 1.05 bits per heavy atom. The van der Waals surface area contributed by atoms with Gasteiger partial charge < -0.3 is 10.1 Å². The lowest BCUT2D eigenvalue weighted by Crippen LogP contribution is -2.07. The van der Waals surface area contributed by atoms with Crippen LogP contribution in [0.5, 0.6) is 5.75 Å². The molecule has 20 heavy (non-hydrogen) atoms. The van der Waals surface area contributed by atoms with Gasteiger partial charge in [0.1, 0.15) is 5.75 Å². The maximum Gasteiger partial charge on any atom is 0.118 e. The van der Waals surface area contributed by atoms with Crippen LogP contribution >= 0.6 is 15.9 Å². The van der Waals surface area contributed by atoms with Crippen molar-refractivity contribution in [3.8, 4) is 5.75 Å². The van der Waals surface area contributed by atoms with Gasteiger partial charge in [0.25, 0.3) is 0 Å². The molecule has 0 aliphatic carbocycles. The molecule has 0 fully saturated rings. The smallest absolute Gasteiger partial charge is 0.118 e. The molecule has 0 spiro atoms. The molecule has 1 atom stereocenters. The number of benzene rings is 2. The molecule has 2 nitrogen and oxygen atoms in total. The number of aryl methyl sites for hydroxylation is 2. The first-order chi connectivity index (χ1) is 9.51. The monoisotopic (exact) mass is 333 g/mol. The Kier molecular flexibility index (Phi) is 4.71. The second-order valence-electron chi connectivity index (χ2n) is 5.06. The number of anilines is 1. The first kappa shape index (κ1) is 14.9. The van der Waals surface area contributed by atoms with Gasteiger partial charge in [-0.25, -0.2) is 0 Å². The topological polar surface area (TPSA) is 21.3 Å². The van der Waals surface area contributed by atoms with Crippen LogP contribution in [0.4, 0.5) is 5.69 Å². The number of halogens is 1. The molecule has 3 heteroatoms. The van der Waals surface area contributed by atoms with Crippen LogP contribution in [0.1, 0.15) is 29.7 Å². The zero-order valence-electron chi connectivity index (χ0n) is 12.3. The molecule has 2 rings (SSSR count). The Hall–Kier alpha value is -1.48. The first-order valence-corrected chi connectivity index (χ1v) is 7.48. The normalized spacial score (nSPS) is 12.1. The highest BCUT2D eigenvalue weighted by molar-refractivity contribution is 9.10. The van der Waals surface area contributed by atoms with E-state index in [1.165, 1.54) is 21.2 Å².